The van der Waals surface area contributed by atoms with Crippen molar-refractivity contribution in [1.29, 1.82) is 5.26 Å². The predicted molar refractivity (Wildman–Crippen MR) is 135 cm³/mol. The number of halogens is 1. The lowest BCUT2D eigenvalue weighted by atomic mass is 10.0. The zero-order chi connectivity index (χ0) is 22.9. The summed E-state index contributed by atoms with van der Waals surface area (Å²) in [5.74, 6) is 0.789. The Labute approximate surface area is 199 Å². The second-order valence-corrected chi connectivity index (χ2v) is 8.05. The van der Waals surface area contributed by atoms with E-state index in [0.717, 1.165) is 39.0 Å². The third kappa shape index (κ3) is 6.43. The molecule has 164 valence electrons. The van der Waals surface area contributed by atoms with Crippen LogP contribution in [0.1, 0.15) is 23.2 Å². The maximum atomic E-state index is 8.79. The van der Waals surface area contributed by atoms with Crippen molar-refractivity contribution in [1.82, 2.24) is 10.3 Å². The monoisotopic (exact) mass is 453 g/mol. The number of pyridine rings is 1. The molecule has 0 aliphatic heterocycles. The van der Waals surface area contributed by atoms with Gasteiger partial charge in [-0.3, -0.25) is 0 Å². The van der Waals surface area contributed by atoms with Gasteiger partial charge < -0.3 is 10.1 Å². The number of nitrogens with zero attached hydrogens (tertiary/aromatic N) is 2. The molecular weight excluding hydrogens is 430 g/mol. The van der Waals surface area contributed by atoms with Crippen molar-refractivity contribution in [2.24, 2.45) is 0 Å². The topological polar surface area (TPSA) is 57.9 Å². The molecule has 0 spiro atoms. The Morgan fingerprint density at radius 1 is 0.970 bits per heavy atom. The van der Waals surface area contributed by atoms with Crippen molar-refractivity contribution < 1.29 is 4.74 Å². The minimum absolute atomic E-state index is 0.410. The maximum absolute atomic E-state index is 8.79. The average Bonchev–Trinajstić information content (AvgIpc) is 2.86. The standard InChI is InChI=1S/C28H24ClN3O/c29-25-11-6-21(7-12-25)18-24(19-31-17-3-16-30)22-9-14-27(15-10-22)33-20-26-13-8-23-4-1-2-5-28(23)32-26/h1-2,4-15,18,31H,3,17,19-20H2. The van der Waals surface area contributed by atoms with Crippen LogP contribution in [0, 0.1) is 11.3 Å². The Balaban J connectivity index is 1.46. The number of rotatable bonds is 9. The lowest BCUT2D eigenvalue weighted by Crippen LogP contribution is -2.17. The van der Waals surface area contributed by atoms with Crippen LogP contribution in [0.15, 0.2) is 84.9 Å². The Bertz CT molecular complexity index is 1280. The van der Waals surface area contributed by atoms with Crippen molar-refractivity contribution in [2.75, 3.05) is 13.1 Å². The molecule has 0 bridgehead atoms. The van der Waals surface area contributed by atoms with Crippen LogP contribution in [-0.4, -0.2) is 18.1 Å². The van der Waals surface area contributed by atoms with Gasteiger partial charge in [-0.2, -0.15) is 5.26 Å². The first-order chi connectivity index (χ1) is 16.2. The van der Waals surface area contributed by atoms with Crippen LogP contribution in [0.5, 0.6) is 5.75 Å². The van der Waals surface area contributed by atoms with Gasteiger partial charge in [-0.05, 0) is 59.2 Å². The van der Waals surface area contributed by atoms with Crippen molar-refractivity contribution in [3.8, 4) is 11.8 Å². The van der Waals surface area contributed by atoms with Gasteiger partial charge in [-0.15, -0.1) is 0 Å². The molecule has 0 saturated heterocycles. The second-order valence-electron chi connectivity index (χ2n) is 7.61. The van der Waals surface area contributed by atoms with Gasteiger partial charge in [0.05, 0.1) is 17.3 Å². The first-order valence-corrected chi connectivity index (χ1v) is 11.2. The van der Waals surface area contributed by atoms with E-state index in [-0.39, 0.29) is 0 Å². The van der Waals surface area contributed by atoms with Gasteiger partial charge in [-0.25, -0.2) is 4.98 Å². The van der Waals surface area contributed by atoms with Crippen molar-refractivity contribution in [3.05, 3.63) is 107 Å². The molecule has 0 radical (unpaired) electrons. The molecule has 4 aromatic rings. The molecule has 5 heteroatoms. The van der Waals surface area contributed by atoms with Crippen LogP contribution in [0.2, 0.25) is 5.02 Å². The van der Waals surface area contributed by atoms with E-state index < -0.39 is 0 Å². The van der Waals surface area contributed by atoms with Crippen LogP contribution >= 0.6 is 11.6 Å². The van der Waals surface area contributed by atoms with Gasteiger partial charge in [0.1, 0.15) is 12.4 Å². The molecule has 1 aromatic heterocycles. The van der Waals surface area contributed by atoms with Crippen LogP contribution in [0.3, 0.4) is 0 Å². The first kappa shape index (κ1) is 22.5. The molecule has 3 aromatic carbocycles. The number of nitriles is 1. The summed E-state index contributed by atoms with van der Waals surface area (Å²) in [5.41, 5.74) is 5.14. The number of hydrogen-bond donors (Lipinski definition) is 1. The fourth-order valence-electron chi connectivity index (χ4n) is 3.48. The minimum atomic E-state index is 0.410. The van der Waals surface area contributed by atoms with E-state index in [9.17, 15) is 0 Å². The van der Waals surface area contributed by atoms with E-state index in [4.69, 9.17) is 21.6 Å². The molecule has 33 heavy (non-hydrogen) atoms. The van der Waals surface area contributed by atoms with Gasteiger partial charge in [0.15, 0.2) is 0 Å². The molecule has 0 fully saturated rings. The third-order valence-electron chi connectivity index (χ3n) is 5.21. The minimum Gasteiger partial charge on any atom is -0.487 e. The summed E-state index contributed by atoms with van der Waals surface area (Å²) in [6, 6.07) is 30.1. The van der Waals surface area contributed by atoms with E-state index >= 15 is 0 Å². The maximum Gasteiger partial charge on any atom is 0.130 e. The normalized spacial score (nSPS) is 11.3. The predicted octanol–water partition coefficient (Wildman–Crippen LogP) is 6.51. The Kier molecular flexibility index (Phi) is 7.71. The highest BCUT2D eigenvalue weighted by Crippen LogP contribution is 2.23. The smallest absolute Gasteiger partial charge is 0.130 e. The van der Waals surface area contributed by atoms with Crippen LogP contribution in [-0.2, 0) is 6.61 Å². The summed E-state index contributed by atoms with van der Waals surface area (Å²) >= 11 is 6.02. The lowest BCUT2D eigenvalue weighted by Gasteiger charge is -2.11. The van der Waals surface area contributed by atoms with Gasteiger partial charge in [0.2, 0.25) is 0 Å². The molecule has 1 heterocycles. The first-order valence-electron chi connectivity index (χ1n) is 10.8. The van der Waals surface area contributed by atoms with E-state index in [0.29, 0.717) is 31.1 Å². The highest BCUT2D eigenvalue weighted by Gasteiger charge is 2.05. The Hall–Kier alpha value is -3.65. The molecule has 0 aliphatic carbocycles. The Morgan fingerprint density at radius 3 is 2.55 bits per heavy atom. The van der Waals surface area contributed by atoms with Gasteiger partial charge in [0, 0.05) is 29.9 Å². The van der Waals surface area contributed by atoms with Gasteiger partial charge >= 0.3 is 0 Å². The molecule has 0 aliphatic rings. The van der Waals surface area contributed by atoms with Crippen LogP contribution in [0.25, 0.3) is 22.6 Å². The molecule has 1 N–H and O–H groups in total. The quantitative estimate of drug-likeness (QED) is 0.232. The largest absolute Gasteiger partial charge is 0.487 e. The third-order valence-corrected chi connectivity index (χ3v) is 5.46. The van der Waals surface area contributed by atoms with E-state index in [1.54, 1.807) is 0 Å². The highest BCUT2D eigenvalue weighted by molar-refractivity contribution is 6.30. The number of fused-ring (bicyclic) bond motifs is 1. The number of aromatic nitrogens is 1. The summed E-state index contributed by atoms with van der Waals surface area (Å²) in [7, 11) is 0. The summed E-state index contributed by atoms with van der Waals surface area (Å²) in [4.78, 5) is 4.66. The fraction of sp³-hybridized carbons (Fsp3) is 0.143. The second kappa shape index (κ2) is 11.3. The van der Waals surface area contributed by atoms with E-state index in [1.165, 1.54) is 0 Å². The molecule has 0 atom stereocenters. The summed E-state index contributed by atoms with van der Waals surface area (Å²) < 4.78 is 5.97. The van der Waals surface area contributed by atoms with Crippen LogP contribution in [0.4, 0.5) is 0 Å². The zero-order valence-corrected chi connectivity index (χ0v) is 18.9. The average molecular weight is 454 g/mol. The van der Waals surface area contributed by atoms with Gasteiger partial charge in [0.25, 0.3) is 0 Å². The van der Waals surface area contributed by atoms with E-state index in [2.05, 4.69) is 46.7 Å². The number of para-hydroxylation sites is 1. The molecule has 4 nitrogen and oxygen atoms in total. The van der Waals surface area contributed by atoms with Crippen molar-refractivity contribution in [3.63, 3.8) is 0 Å². The number of ether oxygens (including phenoxy) is 1. The highest BCUT2D eigenvalue weighted by atomic mass is 35.5. The number of nitrogens with one attached hydrogen (secondary N) is 1. The summed E-state index contributed by atoms with van der Waals surface area (Å²) in [6.07, 6.45) is 2.61. The molecule has 4 rings (SSSR count). The van der Waals surface area contributed by atoms with Crippen molar-refractivity contribution >= 4 is 34.2 Å². The van der Waals surface area contributed by atoms with E-state index in [1.807, 2.05) is 60.7 Å². The van der Waals surface area contributed by atoms with Gasteiger partial charge in [-0.1, -0.05) is 60.1 Å². The Morgan fingerprint density at radius 2 is 1.76 bits per heavy atom. The number of hydrogen-bond acceptors (Lipinski definition) is 4. The molecule has 0 saturated carbocycles. The summed E-state index contributed by atoms with van der Waals surface area (Å²) in [6.45, 7) is 1.72. The fourth-order valence-corrected chi connectivity index (χ4v) is 3.60. The van der Waals surface area contributed by atoms with Crippen molar-refractivity contribution in [2.45, 2.75) is 13.0 Å². The molecule has 0 amide bonds. The SMILES string of the molecule is N#CCCNCC(=Cc1ccc(Cl)cc1)c1ccc(OCc2ccc3ccccc3n2)cc1. The molecule has 0 unspecified atom stereocenters. The molecular formula is C28H24ClN3O. The van der Waals surface area contributed by atoms with Crippen LogP contribution < -0.4 is 10.1 Å². The number of benzene rings is 3. The summed E-state index contributed by atoms with van der Waals surface area (Å²) in [5, 5.41) is 14.0. The zero-order valence-electron chi connectivity index (χ0n) is 18.2. The lowest BCUT2D eigenvalue weighted by molar-refractivity contribution is 0.302.